The van der Waals surface area contributed by atoms with Crippen LogP contribution < -0.4 is 10.2 Å². The summed E-state index contributed by atoms with van der Waals surface area (Å²) in [6.07, 6.45) is 0. The second kappa shape index (κ2) is 5.97. The highest BCUT2D eigenvalue weighted by atomic mass is 32.2. The van der Waals surface area contributed by atoms with Gasteiger partial charge in [0.1, 0.15) is 5.82 Å². The minimum absolute atomic E-state index is 0.509. The molecule has 0 spiro atoms. The van der Waals surface area contributed by atoms with E-state index in [0.717, 1.165) is 25.3 Å². The van der Waals surface area contributed by atoms with E-state index in [1.54, 1.807) is 0 Å². The van der Waals surface area contributed by atoms with E-state index in [1.165, 1.54) is 22.9 Å². The number of anilines is 1. The summed E-state index contributed by atoms with van der Waals surface area (Å²) in [5, 5.41) is 8.10. The molecule has 0 aromatic carbocycles. The number of thioether (sulfide) groups is 1. The van der Waals surface area contributed by atoms with Crippen molar-refractivity contribution in [1.29, 1.82) is 0 Å². The maximum atomic E-state index is 4.59. The summed E-state index contributed by atoms with van der Waals surface area (Å²) in [6, 6.07) is 0.509. The Morgan fingerprint density at radius 2 is 2.00 bits per heavy atom. The normalized spacial score (nSPS) is 16.6. The lowest BCUT2D eigenvalue weighted by Gasteiger charge is -2.29. The first kappa shape index (κ1) is 13.7. The molecule has 1 N–H and O–H groups in total. The van der Waals surface area contributed by atoms with Crippen LogP contribution in [0.2, 0.25) is 0 Å². The number of nitrogens with zero attached hydrogens (tertiary/aromatic N) is 3. The van der Waals surface area contributed by atoms with Gasteiger partial charge in [0.15, 0.2) is 0 Å². The molecule has 2 rings (SSSR count). The van der Waals surface area contributed by atoms with Crippen molar-refractivity contribution in [3.63, 3.8) is 0 Å². The highest BCUT2D eigenvalue weighted by Crippen LogP contribution is 2.25. The lowest BCUT2D eigenvalue weighted by atomic mass is 10.2. The monoisotopic (exact) mass is 268 g/mol. The number of hydrogen-bond donors (Lipinski definition) is 1. The van der Waals surface area contributed by atoms with E-state index < -0.39 is 0 Å². The van der Waals surface area contributed by atoms with E-state index in [0.29, 0.717) is 6.04 Å². The molecule has 5 heteroatoms. The van der Waals surface area contributed by atoms with Crippen LogP contribution >= 0.6 is 11.8 Å². The number of aryl methyl sites for hydroxylation is 2. The van der Waals surface area contributed by atoms with E-state index >= 15 is 0 Å². The van der Waals surface area contributed by atoms with Gasteiger partial charge in [0, 0.05) is 49.8 Å². The molecule has 0 unspecified atom stereocenters. The standard InChI is InChI=1S/C13H24N4S/c1-10(2)14-9-12-11(3)15-16(4)13(12)17-5-7-18-8-6-17/h10,14H,5-9H2,1-4H3. The van der Waals surface area contributed by atoms with Gasteiger partial charge in [-0.1, -0.05) is 13.8 Å². The molecule has 1 aliphatic rings. The van der Waals surface area contributed by atoms with Crippen LogP contribution in [0.15, 0.2) is 0 Å². The van der Waals surface area contributed by atoms with Crippen molar-refractivity contribution in [2.45, 2.75) is 33.4 Å². The maximum Gasteiger partial charge on any atom is 0.131 e. The SMILES string of the molecule is Cc1nn(C)c(N2CCSCC2)c1CNC(C)C. The first-order chi connectivity index (χ1) is 8.59. The van der Waals surface area contributed by atoms with Crippen molar-refractivity contribution in [1.82, 2.24) is 15.1 Å². The third-order valence-electron chi connectivity index (χ3n) is 3.31. The molecular weight excluding hydrogens is 244 g/mol. The summed E-state index contributed by atoms with van der Waals surface area (Å²) in [5.74, 6) is 3.75. The molecular formula is C13H24N4S. The third-order valence-corrected chi connectivity index (χ3v) is 4.25. The topological polar surface area (TPSA) is 33.1 Å². The van der Waals surface area contributed by atoms with Crippen LogP contribution in [-0.4, -0.2) is 40.4 Å². The Morgan fingerprint density at radius 1 is 1.33 bits per heavy atom. The molecule has 1 aromatic rings. The largest absolute Gasteiger partial charge is 0.355 e. The van der Waals surface area contributed by atoms with Crippen molar-refractivity contribution < 1.29 is 0 Å². The van der Waals surface area contributed by atoms with E-state index in [-0.39, 0.29) is 0 Å². The van der Waals surface area contributed by atoms with Gasteiger partial charge in [-0.25, -0.2) is 0 Å². The van der Waals surface area contributed by atoms with E-state index in [2.05, 4.69) is 43.1 Å². The fourth-order valence-electron chi connectivity index (χ4n) is 2.37. The van der Waals surface area contributed by atoms with Crippen LogP contribution in [0.25, 0.3) is 0 Å². The van der Waals surface area contributed by atoms with Gasteiger partial charge < -0.3 is 10.2 Å². The molecule has 18 heavy (non-hydrogen) atoms. The minimum atomic E-state index is 0.509. The highest BCUT2D eigenvalue weighted by Gasteiger charge is 2.20. The van der Waals surface area contributed by atoms with Crippen molar-refractivity contribution in [2.75, 3.05) is 29.5 Å². The molecule has 4 nitrogen and oxygen atoms in total. The predicted molar refractivity (Wildman–Crippen MR) is 79.5 cm³/mol. The summed E-state index contributed by atoms with van der Waals surface area (Å²) < 4.78 is 2.04. The predicted octanol–water partition coefficient (Wildman–Crippen LogP) is 1.78. The second-order valence-corrected chi connectivity index (χ2v) is 6.37. The Labute approximate surface area is 114 Å². The Morgan fingerprint density at radius 3 is 2.61 bits per heavy atom. The minimum Gasteiger partial charge on any atom is -0.355 e. The fraction of sp³-hybridized carbons (Fsp3) is 0.769. The lowest BCUT2D eigenvalue weighted by molar-refractivity contribution is 0.586. The quantitative estimate of drug-likeness (QED) is 0.902. The van der Waals surface area contributed by atoms with E-state index in [9.17, 15) is 0 Å². The number of hydrogen-bond acceptors (Lipinski definition) is 4. The zero-order chi connectivity index (χ0) is 13.1. The van der Waals surface area contributed by atoms with Crippen molar-refractivity contribution >= 4 is 17.6 Å². The van der Waals surface area contributed by atoms with Gasteiger partial charge >= 0.3 is 0 Å². The average molecular weight is 268 g/mol. The molecule has 0 saturated carbocycles. The van der Waals surface area contributed by atoms with Crippen LogP contribution in [0.1, 0.15) is 25.1 Å². The second-order valence-electron chi connectivity index (χ2n) is 5.15. The summed E-state index contributed by atoms with van der Waals surface area (Å²) >= 11 is 2.04. The summed E-state index contributed by atoms with van der Waals surface area (Å²) in [4.78, 5) is 2.48. The van der Waals surface area contributed by atoms with Gasteiger partial charge in [0.25, 0.3) is 0 Å². The van der Waals surface area contributed by atoms with Crippen molar-refractivity contribution in [2.24, 2.45) is 7.05 Å². The number of nitrogens with one attached hydrogen (secondary N) is 1. The Bertz CT molecular complexity index is 394. The van der Waals surface area contributed by atoms with E-state index in [4.69, 9.17) is 0 Å². The molecule has 1 aromatic heterocycles. The summed E-state index contributed by atoms with van der Waals surface area (Å²) in [7, 11) is 2.06. The summed E-state index contributed by atoms with van der Waals surface area (Å²) in [5.41, 5.74) is 2.51. The first-order valence-electron chi connectivity index (χ1n) is 6.68. The zero-order valence-corrected chi connectivity index (χ0v) is 12.7. The third kappa shape index (κ3) is 3.01. The molecule has 0 atom stereocenters. The lowest BCUT2D eigenvalue weighted by Crippen LogP contribution is -2.35. The molecule has 1 aliphatic heterocycles. The van der Waals surface area contributed by atoms with Crippen molar-refractivity contribution in [3.05, 3.63) is 11.3 Å². The Balaban J connectivity index is 2.21. The van der Waals surface area contributed by atoms with Crippen LogP contribution in [-0.2, 0) is 13.6 Å². The molecule has 1 saturated heterocycles. The first-order valence-corrected chi connectivity index (χ1v) is 7.83. The fourth-order valence-corrected chi connectivity index (χ4v) is 3.28. The van der Waals surface area contributed by atoms with Crippen LogP contribution in [0.3, 0.4) is 0 Å². The van der Waals surface area contributed by atoms with Crippen LogP contribution in [0.5, 0.6) is 0 Å². The molecule has 1 fully saturated rings. The molecule has 102 valence electrons. The molecule has 0 radical (unpaired) electrons. The van der Waals surface area contributed by atoms with Gasteiger partial charge in [-0.05, 0) is 6.92 Å². The van der Waals surface area contributed by atoms with Gasteiger partial charge in [-0.2, -0.15) is 16.9 Å². The smallest absolute Gasteiger partial charge is 0.131 e. The molecule has 0 amide bonds. The number of rotatable bonds is 4. The average Bonchev–Trinajstić information content (AvgIpc) is 2.62. The zero-order valence-electron chi connectivity index (χ0n) is 11.9. The molecule has 0 bridgehead atoms. The Kier molecular flexibility index (Phi) is 4.56. The molecule has 0 aliphatic carbocycles. The number of aromatic nitrogens is 2. The van der Waals surface area contributed by atoms with Gasteiger partial charge in [-0.3, -0.25) is 4.68 Å². The highest BCUT2D eigenvalue weighted by molar-refractivity contribution is 7.99. The van der Waals surface area contributed by atoms with E-state index in [1.807, 2.05) is 16.4 Å². The van der Waals surface area contributed by atoms with Gasteiger partial charge in [0.2, 0.25) is 0 Å². The molecule has 2 heterocycles. The Hall–Kier alpha value is -0.680. The maximum absolute atomic E-state index is 4.59. The summed E-state index contributed by atoms with van der Waals surface area (Å²) in [6.45, 7) is 9.66. The van der Waals surface area contributed by atoms with Crippen LogP contribution in [0.4, 0.5) is 5.82 Å². The van der Waals surface area contributed by atoms with Crippen LogP contribution in [0, 0.1) is 6.92 Å². The van der Waals surface area contributed by atoms with Gasteiger partial charge in [0.05, 0.1) is 5.69 Å². The van der Waals surface area contributed by atoms with Crippen molar-refractivity contribution in [3.8, 4) is 0 Å². The van der Waals surface area contributed by atoms with Gasteiger partial charge in [-0.15, -0.1) is 0 Å².